The van der Waals surface area contributed by atoms with E-state index in [1.54, 1.807) is 6.07 Å². The van der Waals surface area contributed by atoms with Crippen LogP contribution in [0.4, 0.5) is 11.5 Å². The van der Waals surface area contributed by atoms with Crippen molar-refractivity contribution in [1.29, 1.82) is 0 Å². The van der Waals surface area contributed by atoms with Gasteiger partial charge < -0.3 is 10.2 Å². The van der Waals surface area contributed by atoms with Crippen LogP contribution in [0, 0.1) is 0 Å². The third kappa shape index (κ3) is 3.61. The van der Waals surface area contributed by atoms with Crippen LogP contribution in [0.2, 0.25) is 0 Å². The van der Waals surface area contributed by atoms with Gasteiger partial charge in [-0.05, 0) is 25.0 Å². The second-order valence-corrected chi connectivity index (χ2v) is 5.48. The molecule has 0 bridgehead atoms. The standard InChI is InChI=1S/C17H20N4O/c22-17(20-14-8-4-3-5-9-14)15-12-16(19-13-18-15)21-10-6-1-2-7-11-21/h3-5,8-9,12-13H,1-2,6-7,10-11H2,(H,20,22). The highest BCUT2D eigenvalue weighted by molar-refractivity contribution is 6.03. The molecule has 0 unspecified atom stereocenters. The van der Waals surface area contributed by atoms with Gasteiger partial charge in [-0.15, -0.1) is 0 Å². The van der Waals surface area contributed by atoms with E-state index in [1.165, 1.54) is 32.0 Å². The lowest BCUT2D eigenvalue weighted by Crippen LogP contribution is -2.25. The van der Waals surface area contributed by atoms with E-state index in [0.717, 1.165) is 24.6 Å². The molecule has 1 fully saturated rings. The molecule has 0 radical (unpaired) electrons. The van der Waals surface area contributed by atoms with Crippen LogP contribution in [0.25, 0.3) is 0 Å². The summed E-state index contributed by atoms with van der Waals surface area (Å²) in [7, 11) is 0. The molecule has 1 aromatic heterocycles. The van der Waals surface area contributed by atoms with E-state index in [2.05, 4.69) is 20.2 Å². The monoisotopic (exact) mass is 296 g/mol. The molecule has 22 heavy (non-hydrogen) atoms. The average molecular weight is 296 g/mol. The third-order valence-electron chi connectivity index (χ3n) is 3.85. The second kappa shape index (κ2) is 7.02. The number of nitrogens with zero attached hydrogens (tertiary/aromatic N) is 3. The Morgan fingerprint density at radius 3 is 2.45 bits per heavy atom. The van der Waals surface area contributed by atoms with Gasteiger partial charge in [0.15, 0.2) is 0 Å². The number of anilines is 2. The summed E-state index contributed by atoms with van der Waals surface area (Å²) in [5.74, 6) is 0.639. The lowest BCUT2D eigenvalue weighted by Gasteiger charge is -2.21. The summed E-state index contributed by atoms with van der Waals surface area (Å²) in [5.41, 5.74) is 1.17. The number of aromatic nitrogens is 2. The molecule has 0 spiro atoms. The van der Waals surface area contributed by atoms with Gasteiger partial charge in [-0.2, -0.15) is 0 Å². The van der Waals surface area contributed by atoms with Crippen molar-refractivity contribution in [2.24, 2.45) is 0 Å². The van der Waals surface area contributed by atoms with E-state index in [9.17, 15) is 4.79 Å². The Labute approximate surface area is 130 Å². The molecule has 5 heteroatoms. The van der Waals surface area contributed by atoms with Crippen LogP contribution in [-0.2, 0) is 0 Å². The first-order valence-electron chi connectivity index (χ1n) is 7.76. The topological polar surface area (TPSA) is 58.1 Å². The van der Waals surface area contributed by atoms with E-state index in [1.807, 2.05) is 30.3 Å². The number of hydrogen-bond acceptors (Lipinski definition) is 4. The Balaban J connectivity index is 1.74. The summed E-state index contributed by atoms with van der Waals surface area (Å²) in [6, 6.07) is 11.2. The molecule has 1 amide bonds. The lowest BCUT2D eigenvalue weighted by atomic mass is 10.2. The minimum atomic E-state index is -0.204. The van der Waals surface area contributed by atoms with Crippen LogP contribution in [-0.4, -0.2) is 29.0 Å². The third-order valence-corrected chi connectivity index (χ3v) is 3.85. The van der Waals surface area contributed by atoms with E-state index in [4.69, 9.17) is 0 Å². The molecule has 1 saturated heterocycles. The highest BCUT2D eigenvalue weighted by atomic mass is 16.1. The molecule has 0 saturated carbocycles. The summed E-state index contributed by atoms with van der Waals surface area (Å²) in [6.07, 6.45) is 6.36. The molecular formula is C17H20N4O. The zero-order valence-corrected chi connectivity index (χ0v) is 12.5. The van der Waals surface area contributed by atoms with E-state index in [-0.39, 0.29) is 5.91 Å². The zero-order valence-electron chi connectivity index (χ0n) is 12.5. The molecule has 2 heterocycles. The van der Waals surface area contributed by atoms with Gasteiger partial charge in [0.05, 0.1) is 0 Å². The predicted molar refractivity (Wildman–Crippen MR) is 87.1 cm³/mol. The lowest BCUT2D eigenvalue weighted by molar-refractivity contribution is 0.102. The Hall–Kier alpha value is -2.43. The largest absolute Gasteiger partial charge is 0.357 e. The SMILES string of the molecule is O=C(Nc1ccccc1)c1cc(N2CCCCCC2)ncn1. The van der Waals surface area contributed by atoms with Crippen LogP contribution >= 0.6 is 0 Å². The second-order valence-electron chi connectivity index (χ2n) is 5.48. The maximum Gasteiger partial charge on any atom is 0.274 e. The Morgan fingerprint density at radius 2 is 1.73 bits per heavy atom. The molecule has 1 aromatic carbocycles. The highest BCUT2D eigenvalue weighted by Crippen LogP contribution is 2.18. The Bertz CT molecular complexity index is 622. The summed E-state index contributed by atoms with van der Waals surface area (Å²) < 4.78 is 0. The van der Waals surface area contributed by atoms with Crippen LogP contribution in [0.5, 0.6) is 0 Å². The van der Waals surface area contributed by atoms with Crippen molar-refractivity contribution in [2.75, 3.05) is 23.3 Å². The molecule has 114 valence electrons. The quantitative estimate of drug-likeness (QED) is 0.945. The van der Waals surface area contributed by atoms with Crippen LogP contribution < -0.4 is 10.2 Å². The van der Waals surface area contributed by atoms with Crippen molar-refractivity contribution in [1.82, 2.24) is 9.97 Å². The van der Waals surface area contributed by atoms with E-state index in [0.29, 0.717) is 5.69 Å². The number of benzene rings is 1. The van der Waals surface area contributed by atoms with Crippen molar-refractivity contribution < 1.29 is 4.79 Å². The maximum atomic E-state index is 12.3. The average Bonchev–Trinajstić information content (AvgIpc) is 2.85. The van der Waals surface area contributed by atoms with Crippen LogP contribution in [0.15, 0.2) is 42.7 Å². The maximum absolute atomic E-state index is 12.3. The molecule has 0 atom stereocenters. The molecule has 1 N–H and O–H groups in total. The molecule has 0 aliphatic carbocycles. The molecule has 2 aromatic rings. The fraction of sp³-hybridized carbons (Fsp3) is 0.353. The van der Waals surface area contributed by atoms with Crippen molar-refractivity contribution in [3.05, 3.63) is 48.4 Å². The molecular weight excluding hydrogens is 276 g/mol. The van der Waals surface area contributed by atoms with Gasteiger partial charge in [0, 0.05) is 24.8 Å². The van der Waals surface area contributed by atoms with Gasteiger partial charge in [-0.1, -0.05) is 31.0 Å². The van der Waals surface area contributed by atoms with Gasteiger partial charge in [-0.25, -0.2) is 9.97 Å². The number of amides is 1. The summed E-state index contributed by atoms with van der Waals surface area (Å²) >= 11 is 0. The number of para-hydroxylation sites is 1. The van der Waals surface area contributed by atoms with Crippen LogP contribution in [0.3, 0.4) is 0 Å². The minimum Gasteiger partial charge on any atom is -0.357 e. The summed E-state index contributed by atoms with van der Waals surface area (Å²) in [5, 5.41) is 2.85. The molecule has 1 aliphatic rings. The first-order valence-corrected chi connectivity index (χ1v) is 7.76. The van der Waals surface area contributed by atoms with Gasteiger partial charge in [0.25, 0.3) is 5.91 Å². The Morgan fingerprint density at radius 1 is 1.00 bits per heavy atom. The summed E-state index contributed by atoms with van der Waals surface area (Å²) in [4.78, 5) is 23.0. The van der Waals surface area contributed by atoms with E-state index < -0.39 is 0 Å². The van der Waals surface area contributed by atoms with E-state index >= 15 is 0 Å². The summed E-state index contributed by atoms with van der Waals surface area (Å²) in [6.45, 7) is 1.99. The zero-order chi connectivity index (χ0) is 15.2. The first kappa shape index (κ1) is 14.5. The van der Waals surface area contributed by atoms with Gasteiger partial charge in [-0.3, -0.25) is 4.79 Å². The predicted octanol–water partition coefficient (Wildman–Crippen LogP) is 3.11. The van der Waals surface area contributed by atoms with Crippen molar-refractivity contribution in [3.8, 4) is 0 Å². The van der Waals surface area contributed by atoms with Crippen molar-refractivity contribution in [2.45, 2.75) is 25.7 Å². The number of carbonyl (C=O) groups is 1. The molecule has 1 aliphatic heterocycles. The van der Waals surface area contributed by atoms with Crippen LogP contribution in [0.1, 0.15) is 36.2 Å². The molecule has 5 nitrogen and oxygen atoms in total. The smallest absolute Gasteiger partial charge is 0.274 e. The first-order chi connectivity index (χ1) is 10.8. The van der Waals surface area contributed by atoms with Crippen molar-refractivity contribution >= 4 is 17.4 Å². The van der Waals surface area contributed by atoms with Gasteiger partial charge >= 0.3 is 0 Å². The number of nitrogens with one attached hydrogen (secondary N) is 1. The highest BCUT2D eigenvalue weighted by Gasteiger charge is 2.14. The number of carbonyl (C=O) groups excluding carboxylic acids is 1. The van der Waals surface area contributed by atoms with Gasteiger partial charge in [0.2, 0.25) is 0 Å². The van der Waals surface area contributed by atoms with Gasteiger partial charge in [0.1, 0.15) is 17.8 Å². The molecule has 3 rings (SSSR count). The van der Waals surface area contributed by atoms with Crippen molar-refractivity contribution in [3.63, 3.8) is 0 Å². The Kier molecular flexibility index (Phi) is 4.63. The normalized spacial score (nSPS) is 15.2. The fourth-order valence-electron chi connectivity index (χ4n) is 2.66. The number of rotatable bonds is 3. The fourth-order valence-corrected chi connectivity index (χ4v) is 2.66. The number of hydrogen-bond donors (Lipinski definition) is 1. The minimum absolute atomic E-state index is 0.204.